The standard InChI is InChI=1S/C11H8ClN5O/c12-9-3-7(14)1-2-8(9)11(18)17-10(15)6(4-13)5-16-17/h1-3,5H,14-15H2. The summed E-state index contributed by atoms with van der Waals surface area (Å²) >= 11 is 5.92. The molecule has 0 saturated carbocycles. The number of rotatable bonds is 1. The summed E-state index contributed by atoms with van der Waals surface area (Å²) in [5.74, 6) is -0.533. The monoisotopic (exact) mass is 261 g/mol. The minimum absolute atomic E-state index is 0.0182. The van der Waals surface area contributed by atoms with Gasteiger partial charge in [-0.1, -0.05) is 11.6 Å². The number of carbonyl (C=O) groups is 1. The molecule has 2 rings (SSSR count). The van der Waals surface area contributed by atoms with Crippen molar-refractivity contribution in [2.45, 2.75) is 0 Å². The van der Waals surface area contributed by atoms with Crippen LogP contribution in [0.15, 0.2) is 24.4 Å². The van der Waals surface area contributed by atoms with E-state index in [0.717, 1.165) is 4.68 Å². The van der Waals surface area contributed by atoms with Crippen molar-refractivity contribution in [1.82, 2.24) is 9.78 Å². The van der Waals surface area contributed by atoms with Crippen LogP contribution in [0, 0.1) is 11.3 Å². The lowest BCUT2D eigenvalue weighted by Crippen LogP contribution is -2.16. The summed E-state index contributed by atoms with van der Waals surface area (Å²) in [5, 5.41) is 12.7. The number of carbonyl (C=O) groups excluding carboxylic acids is 1. The van der Waals surface area contributed by atoms with Gasteiger partial charge in [0.1, 0.15) is 17.5 Å². The Balaban J connectivity index is 2.49. The fourth-order valence-corrected chi connectivity index (χ4v) is 1.69. The molecule has 18 heavy (non-hydrogen) atoms. The predicted molar refractivity (Wildman–Crippen MR) is 66.9 cm³/mol. The summed E-state index contributed by atoms with van der Waals surface area (Å²) in [6, 6.07) is 6.32. The Morgan fingerprint density at radius 3 is 2.72 bits per heavy atom. The van der Waals surface area contributed by atoms with E-state index in [1.54, 1.807) is 6.07 Å². The number of nitrogen functional groups attached to an aromatic ring is 2. The Kier molecular flexibility index (Phi) is 2.92. The normalized spacial score (nSPS) is 10.0. The van der Waals surface area contributed by atoms with Crippen LogP contribution in [0.25, 0.3) is 0 Å². The smallest absolute Gasteiger partial charge is 0.281 e. The van der Waals surface area contributed by atoms with Crippen molar-refractivity contribution < 1.29 is 4.79 Å². The van der Waals surface area contributed by atoms with Crippen molar-refractivity contribution in [2.24, 2.45) is 0 Å². The maximum absolute atomic E-state index is 12.1. The van der Waals surface area contributed by atoms with Gasteiger partial charge in [0, 0.05) is 5.69 Å². The van der Waals surface area contributed by atoms with Gasteiger partial charge < -0.3 is 11.5 Å². The number of halogens is 1. The van der Waals surface area contributed by atoms with E-state index in [1.165, 1.54) is 18.3 Å². The Hall–Kier alpha value is -2.52. The minimum atomic E-state index is -0.515. The summed E-state index contributed by atoms with van der Waals surface area (Å²) in [7, 11) is 0. The average molecular weight is 262 g/mol. The second-order valence-corrected chi connectivity index (χ2v) is 3.92. The number of hydrogen-bond acceptors (Lipinski definition) is 5. The first-order valence-electron chi connectivity index (χ1n) is 4.88. The molecule has 7 heteroatoms. The van der Waals surface area contributed by atoms with Gasteiger partial charge in [-0.25, -0.2) is 0 Å². The van der Waals surface area contributed by atoms with Gasteiger partial charge in [0.15, 0.2) is 0 Å². The van der Waals surface area contributed by atoms with Crippen LogP contribution in [-0.4, -0.2) is 15.7 Å². The second-order valence-electron chi connectivity index (χ2n) is 3.51. The zero-order chi connectivity index (χ0) is 13.3. The second kappa shape index (κ2) is 4.39. The van der Waals surface area contributed by atoms with Crippen LogP contribution in [0.3, 0.4) is 0 Å². The number of nitriles is 1. The van der Waals surface area contributed by atoms with E-state index >= 15 is 0 Å². The molecule has 0 aliphatic rings. The molecule has 1 heterocycles. The van der Waals surface area contributed by atoms with E-state index in [0.29, 0.717) is 5.69 Å². The highest BCUT2D eigenvalue weighted by molar-refractivity contribution is 6.34. The lowest BCUT2D eigenvalue weighted by atomic mass is 10.2. The highest BCUT2D eigenvalue weighted by Gasteiger charge is 2.18. The highest BCUT2D eigenvalue weighted by Crippen LogP contribution is 2.21. The van der Waals surface area contributed by atoms with Gasteiger partial charge >= 0.3 is 0 Å². The largest absolute Gasteiger partial charge is 0.399 e. The molecule has 2 aromatic rings. The maximum atomic E-state index is 12.1. The third-order valence-electron chi connectivity index (χ3n) is 2.34. The van der Waals surface area contributed by atoms with Crippen molar-refractivity contribution in [2.75, 3.05) is 11.5 Å². The zero-order valence-electron chi connectivity index (χ0n) is 9.09. The summed E-state index contributed by atoms with van der Waals surface area (Å²) in [4.78, 5) is 12.1. The topological polar surface area (TPSA) is 111 Å². The van der Waals surface area contributed by atoms with Crippen molar-refractivity contribution >= 4 is 29.0 Å². The number of anilines is 2. The predicted octanol–water partition coefficient (Wildman–Crippen LogP) is 1.26. The Morgan fingerprint density at radius 2 is 2.17 bits per heavy atom. The molecule has 0 spiro atoms. The molecule has 1 aromatic heterocycles. The lowest BCUT2D eigenvalue weighted by Gasteiger charge is -2.05. The average Bonchev–Trinajstić information content (AvgIpc) is 2.69. The van der Waals surface area contributed by atoms with Crippen LogP contribution in [-0.2, 0) is 0 Å². The molecule has 0 unspecified atom stereocenters. The van der Waals surface area contributed by atoms with Crippen molar-refractivity contribution in [3.63, 3.8) is 0 Å². The molecular formula is C11H8ClN5O. The van der Waals surface area contributed by atoms with Crippen LogP contribution < -0.4 is 11.5 Å². The summed E-state index contributed by atoms with van der Waals surface area (Å²) in [5.41, 5.74) is 12.0. The molecule has 6 nitrogen and oxygen atoms in total. The third kappa shape index (κ3) is 1.87. The van der Waals surface area contributed by atoms with Gasteiger partial charge in [-0.2, -0.15) is 15.0 Å². The van der Waals surface area contributed by atoms with Gasteiger partial charge in [0.05, 0.1) is 16.8 Å². The molecule has 0 aliphatic heterocycles. The molecule has 0 atom stereocenters. The van der Waals surface area contributed by atoms with Gasteiger partial charge in [0.2, 0.25) is 0 Å². The Bertz CT molecular complexity index is 671. The zero-order valence-corrected chi connectivity index (χ0v) is 9.85. The summed E-state index contributed by atoms with van der Waals surface area (Å²) in [6.45, 7) is 0. The number of benzene rings is 1. The van der Waals surface area contributed by atoms with Crippen molar-refractivity contribution in [1.29, 1.82) is 5.26 Å². The SMILES string of the molecule is N#Cc1cnn(C(=O)c2ccc(N)cc2Cl)c1N. The first-order chi connectivity index (χ1) is 8.54. The number of nitrogens with two attached hydrogens (primary N) is 2. The van der Waals surface area contributed by atoms with E-state index in [-0.39, 0.29) is 22.0 Å². The number of hydrogen-bond donors (Lipinski definition) is 2. The number of aromatic nitrogens is 2. The Labute approximate surface area is 107 Å². The molecule has 0 aliphatic carbocycles. The third-order valence-corrected chi connectivity index (χ3v) is 2.66. The quantitative estimate of drug-likeness (QED) is 0.751. The molecular weight excluding hydrogens is 254 g/mol. The van der Waals surface area contributed by atoms with Crippen LogP contribution >= 0.6 is 11.6 Å². The fourth-order valence-electron chi connectivity index (χ4n) is 1.42. The van der Waals surface area contributed by atoms with Gasteiger partial charge in [-0.05, 0) is 18.2 Å². The molecule has 90 valence electrons. The summed E-state index contributed by atoms with van der Waals surface area (Å²) in [6.07, 6.45) is 1.22. The molecule has 0 fully saturated rings. The summed E-state index contributed by atoms with van der Waals surface area (Å²) < 4.78 is 0.927. The maximum Gasteiger partial charge on any atom is 0.281 e. The van der Waals surface area contributed by atoms with Gasteiger partial charge in [-0.15, -0.1) is 0 Å². The van der Waals surface area contributed by atoms with Crippen molar-refractivity contribution in [3.8, 4) is 6.07 Å². The molecule has 0 radical (unpaired) electrons. The van der Waals surface area contributed by atoms with Crippen LogP contribution in [0.4, 0.5) is 11.5 Å². The van der Waals surface area contributed by atoms with Crippen LogP contribution in [0.2, 0.25) is 5.02 Å². The van der Waals surface area contributed by atoms with E-state index in [2.05, 4.69) is 5.10 Å². The van der Waals surface area contributed by atoms with Crippen LogP contribution in [0.1, 0.15) is 15.9 Å². The van der Waals surface area contributed by atoms with E-state index < -0.39 is 5.91 Å². The van der Waals surface area contributed by atoms with E-state index in [4.69, 9.17) is 28.3 Å². The molecule has 0 bridgehead atoms. The van der Waals surface area contributed by atoms with Crippen LogP contribution in [0.5, 0.6) is 0 Å². The van der Waals surface area contributed by atoms with E-state index in [9.17, 15) is 4.79 Å². The molecule has 1 aromatic carbocycles. The first-order valence-corrected chi connectivity index (χ1v) is 5.25. The first kappa shape index (κ1) is 12.0. The van der Waals surface area contributed by atoms with Crippen molar-refractivity contribution in [3.05, 3.63) is 40.5 Å². The highest BCUT2D eigenvalue weighted by atomic mass is 35.5. The Morgan fingerprint density at radius 1 is 1.44 bits per heavy atom. The van der Waals surface area contributed by atoms with Gasteiger partial charge in [-0.3, -0.25) is 4.79 Å². The fraction of sp³-hybridized carbons (Fsp3) is 0. The van der Waals surface area contributed by atoms with Gasteiger partial charge in [0.25, 0.3) is 5.91 Å². The molecule has 0 saturated heterocycles. The molecule has 4 N–H and O–H groups in total. The minimum Gasteiger partial charge on any atom is -0.399 e. The van der Waals surface area contributed by atoms with E-state index in [1.807, 2.05) is 6.07 Å². The number of nitrogens with zero attached hydrogens (tertiary/aromatic N) is 3. The lowest BCUT2D eigenvalue weighted by molar-refractivity contribution is 0.0948. The molecule has 0 amide bonds.